The predicted molar refractivity (Wildman–Crippen MR) is 61.4 cm³/mol. The highest BCUT2D eigenvalue weighted by molar-refractivity contribution is 9.09. The van der Waals surface area contributed by atoms with E-state index >= 15 is 0 Å². The van der Waals surface area contributed by atoms with E-state index in [-0.39, 0.29) is 17.0 Å². The minimum Gasteiger partial charge on any atom is -0.394 e. The lowest BCUT2D eigenvalue weighted by molar-refractivity contribution is 0.101. The van der Waals surface area contributed by atoms with Crippen molar-refractivity contribution in [2.75, 3.05) is 11.1 Å². The SMILES string of the molecule is CC(=O)c1c(C)nn(CCBr)c(=O)c1N. The second kappa shape index (κ2) is 4.57. The second-order valence-corrected chi connectivity index (χ2v) is 3.94. The molecule has 0 aliphatic heterocycles. The van der Waals surface area contributed by atoms with Crippen LogP contribution in [0.5, 0.6) is 0 Å². The topological polar surface area (TPSA) is 78.0 Å². The van der Waals surface area contributed by atoms with Crippen LogP contribution >= 0.6 is 15.9 Å². The van der Waals surface area contributed by atoms with Crippen molar-refractivity contribution in [2.24, 2.45) is 0 Å². The maximum atomic E-state index is 11.6. The number of rotatable bonds is 3. The smallest absolute Gasteiger partial charge is 0.290 e. The van der Waals surface area contributed by atoms with Crippen molar-refractivity contribution in [1.82, 2.24) is 9.78 Å². The molecule has 0 saturated heterocycles. The highest BCUT2D eigenvalue weighted by Crippen LogP contribution is 2.10. The molecule has 15 heavy (non-hydrogen) atoms. The first-order valence-electron chi connectivity index (χ1n) is 4.43. The standard InChI is InChI=1S/C9H12BrN3O2/c1-5-7(6(2)14)8(11)9(15)13(12-5)4-3-10/h3-4,11H2,1-2H3. The maximum Gasteiger partial charge on any atom is 0.290 e. The zero-order valence-electron chi connectivity index (χ0n) is 8.58. The molecule has 5 nitrogen and oxygen atoms in total. The van der Waals surface area contributed by atoms with E-state index in [9.17, 15) is 9.59 Å². The molecular weight excluding hydrogens is 262 g/mol. The normalized spacial score (nSPS) is 10.3. The van der Waals surface area contributed by atoms with Crippen molar-refractivity contribution in [3.05, 3.63) is 21.6 Å². The summed E-state index contributed by atoms with van der Waals surface area (Å²) in [4.78, 5) is 22.9. The molecular formula is C9H12BrN3O2. The molecule has 0 amide bonds. The number of nitrogens with two attached hydrogens (primary N) is 1. The summed E-state index contributed by atoms with van der Waals surface area (Å²) in [5, 5.41) is 4.63. The van der Waals surface area contributed by atoms with Crippen LogP contribution in [0.2, 0.25) is 0 Å². The van der Waals surface area contributed by atoms with Crippen molar-refractivity contribution in [1.29, 1.82) is 0 Å². The molecule has 0 aliphatic rings. The van der Waals surface area contributed by atoms with Crippen molar-refractivity contribution in [3.63, 3.8) is 0 Å². The van der Waals surface area contributed by atoms with E-state index in [1.807, 2.05) is 0 Å². The van der Waals surface area contributed by atoms with Gasteiger partial charge in [-0.1, -0.05) is 15.9 Å². The summed E-state index contributed by atoms with van der Waals surface area (Å²) in [6.45, 7) is 3.47. The molecule has 0 radical (unpaired) electrons. The van der Waals surface area contributed by atoms with Gasteiger partial charge >= 0.3 is 0 Å². The Kier molecular flexibility index (Phi) is 3.62. The van der Waals surface area contributed by atoms with Crippen LogP contribution < -0.4 is 11.3 Å². The quantitative estimate of drug-likeness (QED) is 0.651. The number of halogens is 1. The molecule has 0 bridgehead atoms. The van der Waals surface area contributed by atoms with Crippen LogP contribution in [0.15, 0.2) is 4.79 Å². The summed E-state index contributed by atoms with van der Waals surface area (Å²) in [5.41, 5.74) is 5.89. The third-order valence-electron chi connectivity index (χ3n) is 2.02. The first kappa shape index (κ1) is 11.9. The molecule has 1 heterocycles. The van der Waals surface area contributed by atoms with Gasteiger partial charge in [0.1, 0.15) is 5.69 Å². The minimum absolute atomic E-state index is 0.0176. The van der Waals surface area contributed by atoms with Gasteiger partial charge in [-0.15, -0.1) is 0 Å². The number of aromatic nitrogens is 2. The highest BCUT2D eigenvalue weighted by atomic mass is 79.9. The minimum atomic E-state index is -0.412. The fraction of sp³-hybridized carbons (Fsp3) is 0.444. The summed E-state index contributed by atoms with van der Waals surface area (Å²) >= 11 is 3.21. The van der Waals surface area contributed by atoms with Crippen LogP contribution in [-0.2, 0) is 6.54 Å². The number of hydrogen-bond acceptors (Lipinski definition) is 4. The van der Waals surface area contributed by atoms with Gasteiger partial charge in [0, 0.05) is 5.33 Å². The van der Waals surface area contributed by atoms with Crippen LogP contribution in [-0.4, -0.2) is 20.9 Å². The average molecular weight is 274 g/mol. The van der Waals surface area contributed by atoms with Gasteiger partial charge < -0.3 is 5.73 Å². The van der Waals surface area contributed by atoms with Gasteiger partial charge in [0.05, 0.1) is 17.8 Å². The zero-order valence-corrected chi connectivity index (χ0v) is 10.2. The summed E-state index contributed by atoms with van der Waals surface area (Å²) in [6.07, 6.45) is 0. The third-order valence-corrected chi connectivity index (χ3v) is 2.37. The van der Waals surface area contributed by atoms with E-state index in [1.54, 1.807) is 6.92 Å². The second-order valence-electron chi connectivity index (χ2n) is 3.15. The Balaban J connectivity index is 3.44. The molecule has 0 aromatic carbocycles. The number of hydrogen-bond donors (Lipinski definition) is 1. The Bertz CT molecular complexity index is 453. The monoisotopic (exact) mass is 273 g/mol. The number of alkyl halides is 1. The summed E-state index contributed by atoms with van der Waals surface area (Å²) < 4.78 is 1.26. The molecule has 1 aromatic rings. The predicted octanol–water partition coefficient (Wildman–Crippen LogP) is 0.731. The summed E-state index contributed by atoms with van der Waals surface area (Å²) in [6, 6.07) is 0. The van der Waals surface area contributed by atoms with Gasteiger partial charge in [-0.2, -0.15) is 5.10 Å². The molecule has 0 saturated carbocycles. The Morgan fingerprint density at radius 1 is 1.60 bits per heavy atom. The first-order valence-corrected chi connectivity index (χ1v) is 5.55. The van der Waals surface area contributed by atoms with E-state index in [4.69, 9.17) is 5.73 Å². The van der Waals surface area contributed by atoms with E-state index in [2.05, 4.69) is 21.0 Å². The number of Topliss-reactive ketones (excluding diaryl/α,β-unsaturated/α-hetero) is 1. The van der Waals surface area contributed by atoms with E-state index in [0.717, 1.165) is 0 Å². The number of carbonyl (C=O) groups is 1. The van der Waals surface area contributed by atoms with E-state index in [1.165, 1.54) is 11.6 Å². The summed E-state index contributed by atoms with van der Waals surface area (Å²) in [7, 11) is 0. The number of anilines is 1. The van der Waals surface area contributed by atoms with Gasteiger partial charge in [-0.25, -0.2) is 4.68 Å². The molecule has 6 heteroatoms. The van der Waals surface area contributed by atoms with Gasteiger partial charge in [-0.3, -0.25) is 9.59 Å². The fourth-order valence-electron chi connectivity index (χ4n) is 1.39. The van der Waals surface area contributed by atoms with E-state index in [0.29, 0.717) is 17.6 Å². The van der Waals surface area contributed by atoms with Gasteiger partial charge in [0.2, 0.25) is 0 Å². The maximum absolute atomic E-state index is 11.6. The third kappa shape index (κ3) is 2.26. The molecule has 1 aromatic heterocycles. The molecule has 1 rings (SSSR count). The van der Waals surface area contributed by atoms with Crippen LogP contribution in [0.4, 0.5) is 5.69 Å². The number of nitrogen functional groups attached to an aromatic ring is 1. The zero-order chi connectivity index (χ0) is 11.6. The Morgan fingerprint density at radius 3 is 2.67 bits per heavy atom. The largest absolute Gasteiger partial charge is 0.394 e. The molecule has 0 spiro atoms. The van der Waals surface area contributed by atoms with Crippen molar-refractivity contribution in [3.8, 4) is 0 Å². The van der Waals surface area contributed by atoms with Crippen LogP contribution in [0.25, 0.3) is 0 Å². The van der Waals surface area contributed by atoms with Crippen LogP contribution in [0.3, 0.4) is 0 Å². The first-order chi connectivity index (χ1) is 6.99. The lowest BCUT2D eigenvalue weighted by Crippen LogP contribution is -2.29. The number of aryl methyl sites for hydroxylation is 2. The van der Waals surface area contributed by atoms with Crippen molar-refractivity contribution < 1.29 is 4.79 Å². The van der Waals surface area contributed by atoms with Crippen LogP contribution in [0.1, 0.15) is 23.0 Å². The molecule has 82 valence electrons. The van der Waals surface area contributed by atoms with E-state index < -0.39 is 5.56 Å². The number of ketones is 1. The van der Waals surface area contributed by atoms with Crippen LogP contribution in [0, 0.1) is 6.92 Å². The molecule has 0 unspecified atom stereocenters. The lowest BCUT2D eigenvalue weighted by atomic mass is 10.1. The Hall–Kier alpha value is -1.17. The van der Waals surface area contributed by atoms with Gasteiger partial charge in [0.25, 0.3) is 5.56 Å². The Labute approximate surface area is 95.4 Å². The highest BCUT2D eigenvalue weighted by Gasteiger charge is 2.15. The summed E-state index contributed by atoms with van der Waals surface area (Å²) in [5.74, 6) is -0.236. The van der Waals surface area contributed by atoms with Gasteiger partial charge in [0.15, 0.2) is 5.78 Å². The van der Waals surface area contributed by atoms with Gasteiger partial charge in [-0.05, 0) is 13.8 Å². The van der Waals surface area contributed by atoms with Crippen molar-refractivity contribution >= 4 is 27.4 Å². The van der Waals surface area contributed by atoms with Crippen molar-refractivity contribution in [2.45, 2.75) is 20.4 Å². The molecule has 2 N–H and O–H groups in total. The fourth-order valence-corrected chi connectivity index (χ4v) is 1.73. The molecule has 0 fully saturated rings. The molecule has 0 atom stereocenters. The lowest BCUT2D eigenvalue weighted by Gasteiger charge is -2.09. The number of nitrogens with zero attached hydrogens (tertiary/aromatic N) is 2. The average Bonchev–Trinajstić information content (AvgIpc) is 2.13. The Morgan fingerprint density at radius 2 is 2.20 bits per heavy atom. The molecule has 0 aliphatic carbocycles. The number of carbonyl (C=O) groups excluding carboxylic acids is 1.